The number of piperazine rings is 1. The van der Waals surface area contributed by atoms with Crippen LogP contribution in [-0.2, 0) is 11.3 Å². The lowest BCUT2D eigenvalue weighted by Crippen LogP contribution is -2.54. The maximum Gasteiger partial charge on any atom is 0.275 e. The molecule has 1 saturated heterocycles. The second-order valence-corrected chi connectivity index (χ2v) is 11.2. The maximum atomic E-state index is 14.4. The number of carbonyl (C=O) groups excluding carboxylic acids is 1. The number of hydrogen-bond donors (Lipinski definition) is 1. The molecule has 0 spiro atoms. The molecule has 0 bridgehead atoms. The van der Waals surface area contributed by atoms with Crippen molar-refractivity contribution < 1.29 is 9.90 Å². The first kappa shape index (κ1) is 29.1. The number of benzene rings is 2. The van der Waals surface area contributed by atoms with Crippen LogP contribution in [0.1, 0.15) is 37.8 Å². The van der Waals surface area contributed by atoms with E-state index in [1.165, 1.54) is 6.08 Å². The molecule has 1 fully saturated rings. The molecule has 1 amide bonds. The number of hydrogen-bond acceptors (Lipinski definition) is 6. The number of nitrogens with zero attached hydrogens (tertiary/aromatic N) is 6. The summed E-state index contributed by atoms with van der Waals surface area (Å²) in [5, 5.41) is 25.2. The minimum Gasteiger partial charge on any atom is -0.394 e. The van der Waals surface area contributed by atoms with Gasteiger partial charge in [-0.2, -0.15) is 10.4 Å². The number of aromatic nitrogens is 3. The second-order valence-electron chi connectivity index (χ2n) is 10.8. The zero-order chi connectivity index (χ0) is 30.1. The van der Waals surface area contributed by atoms with Gasteiger partial charge in [-0.25, -0.2) is 0 Å². The molecule has 0 aliphatic carbocycles. The minimum absolute atomic E-state index is 0.0241. The number of anilines is 1. The smallest absolute Gasteiger partial charge is 0.275 e. The van der Waals surface area contributed by atoms with E-state index in [0.717, 1.165) is 11.1 Å². The van der Waals surface area contributed by atoms with Gasteiger partial charge < -0.3 is 14.9 Å². The van der Waals surface area contributed by atoms with Crippen LogP contribution in [0.5, 0.6) is 0 Å². The van der Waals surface area contributed by atoms with E-state index in [9.17, 15) is 20.0 Å². The largest absolute Gasteiger partial charge is 0.394 e. The van der Waals surface area contributed by atoms with E-state index >= 15 is 0 Å². The molecule has 0 unspecified atom stereocenters. The topological polar surface area (TPSA) is 107 Å². The second kappa shape index (κ2) is 11.8. The van der Waals surface area contributed by atoms with Crippen molar-refractivity contribution in [2.45, 2.75) is 39.3 Å². The Bertz CT molecular complexity index is 1780. The third-order valence-corrected chi connectivity index (χ3v) is 8.13. The molecule has 3 heterocycles. The van der Waals surface area contributed by atoms with E-state index < -0.39 is 5.56 Å². The summed E-state index contributed by atoms with van der Waals surface area (Å²) in [7, 11) is 0. The number of halogens is 1. The predicted octanol–water partition coefficient (Wildman–Crippen LogP) is 4.72. The van der Waals surface area contributed by atoms with Gasteiger partial charge in [0.15, 0.2) is 0 Å². The van der Waals surface area contributed by atoms with Crippen molar-refractivity contribution in [2.75, 3.05) is 31.1 Å². The van der Waals surface area contributed by atoms with Crippen LogP contribution >= 0.6 is 11.6 Å². The van der Waals surface area contributed by atoms with Crippen LogP contribution < -0.4 is 10.5 Å². The van der Waals surface area contributed by atoms with Gasteiger partial charge in [0.05, 0.1) is 36.2 Å². The number of aliphatic hydroxyl groups is 1. The van der Waals surface area contributed by atoms with Crippen molar-refractivity contribution in [1.29, 1.82) is 5.26 Å². The van der Waals surface area contributed by atoms with Gasteiger partial charge in [-0.3, -0.25) is 18.8 Å². The molecule has 2 aromatic heterocycles. The molecule has 216 valence electrons. The van der Waals surface area contributed by atoms with E-state index in [1.807, 2.05) is 48.2 Å². The molecule has 1 aliphatic heterocycles. The van der Waals surface area contributed by atoms with Crippen LogP contribution in [-0.4, -0.2) is 62.5 Å². The lowest BCUT2D eigenvalue weighted by molar-refractivity contribution is -0.126. The van der Waals surface area contributed by atoms with E-state index in [0.29, 0.717) is 59.0 Å². The van der Waals surface area contributed by atoms with Crippen LogP contribution in [0.15, 0.2) is 66.2 Å². The van der Waals surface area contributed by atoms with Gasteiger partial charge in [-0.05, 0) is 42.7 Å². The highest BCUT2D eigenvalue weighted by Crippen LogP contribution is 2.39. The molecule has 5 rings (SSSR count). The molecule has 1 N–H and O–H groups in total. The molecule has 0 saturated carbocycles. The Balaban J connectivity index is 1.83. The van der Waals surface area contributed by atoms with E-state index in [4.69, 9.17) is 11.6 Å². The molecule has 10 heteroatoms. The number of carbonyl (C=O) groups is 1. The Morgan fingerprint density at radius 1 is 1.29 bits per heavy atom. The van der Waals surface area contributed by atoms with Crippen LogP contribution in [0.4, 0.5) is 5.69 Å². The van der Waals surface area contributed by atoms with E-state index in [2.05, 4.69) is 31.6 Å². The highest BCUT2D eigenvalue weighted by Gasteiger charge is 2.31. The van der Waals surface area contributed by atoms with Gasteiger partial charge in [-0.1, -0.05) is 50.2 Å². The minimum atomic E-state index is -0.422. The summed E-state index contributed by atoms with van der Waals surface area (Å²) in [6, 6.07) is 13.4. The molecule has 0 radical (unpaired) electrons. The van der Waals surface area contributed by atoms with Gasteiger partial charge in [0.25, 0.3) is 5.56 Å². The normalized spacial score (nSPS) is 15.3. The third kappa shape index (κ3) is 5.08. The lowest BCUT2D eigenvalue weighted by atomic mass is 9.98. The van der Waals surface area contributed by atoms with Crippen molar-refractivity contribution in [1.82, 2.24) is 19.2 Å². The van der Waals surface area contributed by atoms with Gasteiger partial charge in [-0.15, -0.1) is 0 Å². The number of pyridine rings is 1. The fourth-order valence-electron chi connectivity index (χ4n) is 5.78. The highest BCUT2D eigenvalue weighted by molar-refractivity contribution is 6.34. The first-order valence-corrected chi connectivity index (χ1v) is 14.3. The summed E-state index contributed by atoms with van der Waals surface area (Å²) in [6.07, 6.45) is 4.78. The van der Waals surface area contributed by atoms with Crippen LogP contribution in [0, 0.1) is 11.3 Å². The molecule has 9 nitrogen and oxygen atoms in total. The Hall–Kier alpha value is -4.39. The Kier molecular flexibility index (Phi) is 8.21. The number of rotatable bonds is 7. The fourth-order valence-corrected chi connectivity index (χ4v) is 6.05. The van der Waals surface area contributed by atoms with Gasteiger partial charge in [0.1, 0.15) is 11.6 Å². The average molecular weight is 585 g/mol. The van der Waals surface area contributed by atoms with Crippen molar-refractivity contribution >= 4 is 34.1 Å². The fraction of sp³-hybridized carbons (Fsp3) is 0.312. The first-order chi connectivity index (χ1) is 20.2. The monoisotopic (exact) mass is 584 g/mol. The van der Waals surface area contributed by atoms with Gasteiger partial charge in [0, 0.05) is 53.4 Å². The van der Waals surface area contributed by atoms with Crippen LogP contribution in [0.25, 0.3) is 27.7 Å². The summed E-state index contributed by atoms with van der Waals surface area (Å²) in [6.45, 7) is 11.3. The van der Waals surface area contributed by atoms with Crippen LogP contribution in [0.3, 0.4) is 0 Å². The quantitative estimate of drug-likeness (QED) is 0.315. The summed E-state index contributed by atoms with van der Waals surface area (Å²) in [4.78, 5) is 30.4. The lowest BCUT2D eigenvalue weighted by Gasteiger charge is -2.41. The number of fused-ring (bicyclic) bond motifs is 1. The van der Waals surface area contributed by atoms with E-state index in [-0.39, 0.29) is 30.0 Å². The Morgan fingerprint density at radius 3 is 2.71 bits per heavy atom. The van der Waals surface area contributed by atoms with Crippen molar-refractivity contribution in [3.63, 3.8) is 0 Å². The summed E-state index contributed by atoms with van der Waals surface area (Å²) in [5.41, 5.74) is 3.80. The van der Waals surface area contributed by atoms with Gasteiger partial charge in [0.2, 0.25) is 5.91 Å². The number of aliphatic hydroxyl groups excluding tert-OH is 1. The first-order valence-electron chi connectivity index (χ1n) is 13.9. The van der Waals surface area contributed by atoms with Crippen molar-refractivity contribution in [3.05, 3.63) is 88.0 Å². The Labute approximate surface area is 249 Å². The number of amides is 1. The third-order valence-electron chi connectivity index (χ3n) is 7.82. The number of para-hydroxylation sites is 1. The number of nitriles is 1. The molecule has 42 heavy (non-hydrogen) atoms. The van der Waals surface area contributed by atoms with Crippen molar-refractivity contribution in [3.8, 4) is 22.9 Å². The maximum absolute atomic E-state index is 14.4. The molecular weight excluding hydrogens is 552 g/mol. The van der Waals surface area contributed by atoms with Crippen molar-refractivity contribution in [2.24, 2.45) is 0 Å². The Morgan fingerprint density at radius 2 is 2.05 bits per heavy atom. The molecular formula is C32H33ClN6O3. The zero-order valence-electron chi connectivity index (χ0n) is 23.9. The highest BCUT2D eigenvalue weighted by atomic mass is 35.5. The van der Waals surface area contributed by atoms with Crippen LogP contribution in [0.2, 0.25) is 5.02 Å². The van der Waals surface area contributed by atoms with E-state index in [1.54, 1.807) is 26.5 Å². The average Bonchev–Trinajstić information content (AvgIpc) is 3.44. The molecule has 1 aliphatic rings. The molecule has 1 atom stereocenters. The summed E-state index contributed by atoms with van der Waals surface area (Å²) < 4.78 is 3.25. The zero-order valence-corrected chi connectivity index (χ0v) is 24.7. The molecule has 4 aromatic rings. The standard InChI is InChI=1S/C32H33ClN6O3/c1-5-30(41)36-10-11-38(21(4)18-36)31-25-14-27(33)24(22-17-35-37(19-22)12-13-40)15-29(25)39(32(42)26(31)16-34)28-9-7-6-8-23(28)20(2)3/h5-9,14-15,17,19-21,40H,1,10-13,18H2,2-4H3/t21-/m0/s1. The summed E-state index contributed by atoms with van der Waals surface area (Å²) in [5.74, 6) is -0.0330. The molecule has 2 aromatic carbocycles. The van der Waals surface area contributed by atoms with Gasteiger partial charge >= 0.3 is 0 Å². The summed E-state index contributed by atoms with van der Waals surface area (Å²) >= 11 is 6.93. The SMILES string of the molecule is C=CC(=O)N1CCN(c2c(C#N)c(=O)n(-c3ccccc3C(C)C)c3cc(-c4cnn(CCO)c4)c(Cl)cc23)[C@@H](C)C1. The predicted molar refractivity (Wildman–Crippen MR) is 165 cm³/mol.